The SMILES string of the molecule is CCCCCCCCC(Nc1ccccc1C(F)(F)F)C(=O)O. The molecule has 0 bridgehead atoms. The molecule has 6 heteroatoms. The number of anilines is 1. The van der Waals surface area contributed by atoms with E-state index in [2.05, 4.69) is 12.2 Å². The van der Waals surface area contributed by atoms with Gasteiger partial charge in [0, 0.05) is 5.69 Å². The molecular formula is C17H24F3NO2. The van der Waals surface area contributed by atoms with Gasteiger partial charge in [-0.3, -0.25) is 0 Å². The van der Waals surface area contributed by atoms with E-state index in [1.807, 2.05) is 0 Å². The molecule has 1 unspecified atom stereocenters. The van der Waals surface area contributed by atoms with Crippen LogP contribution in [0.25, 0.3) is 0 Å². The van der Waals surface area contributed by atoms with Gasteiger partial charge in [0.15, 0.2) is 0 Å². The fraction of sp³-hybridized carbons (Fsp3) is 0.588. The summed E-state index contributed by atoms with van der Waals surface area (Å²) in [4.78, 5) is 11.3. The second-order valence-corrected chi connectivity index (χ2v) is 5.63. The molecule has 0 radical (unpaired) electrons. The first-order chi connectivity index (χ1) is 10.9. The number of alkyl halides is 3. The Morgan fingerprint density at radius 2 is 1.74 bits per heavy atom. The van der Waals surface area contributed by atoms with Crippen LogP contribution in [0.5, 0.6) is 0 Å². The Morgan fingerprint density at radius 1 is 1.13 bits per heavy atom. The van der Waals surface area contributed by atoms with Gasteiger partial charge in [-0.1, -0.05) is 57.6 Å². The van der Waals surface area contributed by atoms with Crippen molar-refractivity contribution >= 4 is 11.7 Å². The molecule has 0 aliphatic heterocycles. The lowest BCUT2D eigenvalue weighted by atomic mass is 10.0. The zero-order chi connectivity index (χ0) is 17.3. The minimum atomic E-state index is -4.51. The fourth-order valence-corrected chi connectivity index (χ4v) is 2.43. The number of carbonyl (C=O) groups is 1. The van der Waals surface area contributed by atoms with E-state index in [0.29, 0.717) is 12.8 Å². The van der Waals surface area contributed by atoms with Crippen LogP contribution in [0.4, 0.5) is 18.9 Å². The maximum absolute atomic E-state index is 12.9. The highest BCUT2D eigenvalue weighted by atomic mass is 19.4. The molecule has 2 N–H and O–H groups in total. The molecule has 0 amide bonds. The minimum absolute atomic E-state index is 0.182. The highest BCUT2D eigenvalue weighted by Crippen LogP contribution is 2.35. The quantitative estimate of drug-likeness (QED) is 0.570. The molecule has 0 saturated heterocycles. The van der Waals surface area contributed by atoms with Crippen LogP contribution in [0.15, 0.2) is 24.3 Å². The van der Waals surface area contributed by atoms with Gasteiger partial charge in [0.2, 0.25) is 0 Å². The first-order valence-corrected chi connectivity index (χ1v) is 8.01. The number of nitrogens with one attached hydrogen (secondary N) is 1. The highest BCUT2D eigenvalue weighted by Gasteiger charge is 2.34. The summed E-state index contributed by atoms with van der Waals surface area (Å²) >= 11 is 0. The number of carboxylic acids is 1. The average Bonchev–Trinajstić information content (AvgIpc) is 2.48. The van der Waals surface area contributed by atoms with E-state index >= 15 is 0 Å². The molecule has 0 aromatic heterocycles. The Morgan fingerprint density at radius 3 is 2.35 bits per heavy atom. The summed E-state index contributed by atoms with van der Waals surface area (Å²) in [7, 11) is 0. The van der Waals surface area contributed by atoms with Gasteiger partial charge in [0.05, 0.1) is 5.56 Å². The summed E-state index contributed by atoms with van der Waals surface area (Å²) in [5.41, 5.74) is -1.02. The number of aliphatic carboxylic acids is 1. The molecule has 1 rings (SSSR count). The van der Waals surface area contributed by atoms with Crippen molar-refractivity contribution < 1.29 is 23.1 Å². The van der Waals surface area contributed by atoms with E-state index in [-0.39, 0.29) is 5.69 Å². The van der Waals surface area contributed by atoms with Gasteiger partial charge in [0.1, 0.15) is 6.04 Å². The lowest BCUT2D eigenvalue weighted by Gasteiger charge is -2.19. The van der Waals surface area contributed by atoms with Crippen molar-refractivity contribution in [3.63, 3.8) is 0 Å². The number of rotatable bonds is 10. The highest BCUT2D eigenvalue weighted by molar-refractivity contribution is 5.77. The van der Waals surface area contributed by atoms with Crippen LogP contribution >= 0.6 is 0 Å². The summed E-state index contributed by atoms with van der Waals surface area (Å²) in [5.74, 6) is -1.13. The molecule has 0 spiro atoms. The molecular weight excluding hydrogens is 307 g/mol. The minimum Gasteiger partial charge on any atom is -0.480 e. The maximum Gasteiger partial charge on any atom is 0.418 e. The van der Waals surface area contributed by atoms with E-state index < -0.39 is 23.8 Å². The van der Waals surface area contributed by atoms with Crippen LogP contribution in [0.1, 0.15) is 57.4 Å². The van der Waals surface area contributed by atoms with Gasteiger partial charge in [-0.15, -0.1) is 0 Å². The van der Waals surface area contributed by atoms with Crippen LogP contribution in [-0.2, 0) is 11.0 Å². The molecule has 1 aromatic carbocycles. The van der Waals surface area contributed by atoms with Gasteiger partial charge in [-0.05, 0) is 18.6 Å². The Hall–Kier alpha value is -1.72. The lowest BCUT2D eigenvalue weighted by molar-refractivity contribution is -0.139. The molecule has 1 atom stereocenters. The summed E-state index contributed by atoms with van der Waals surface area (Å²) in [6.45, 7) is 2.11. The summed E-state index contributed by atoms with van der Waals surface area (Å²) in [6.07, 6.45) is 1.81. The Kier molecular flexibility index (Phi) is 7.92. The van der Waals surface area contributed by atoms with Gasteiger partial charge in [0.25, 0.3) is 0 Å². The van der Waals surface area contributed by atoms with Crippen LogP contribution in [0.2, 0.25) is 0 Å². The summed E-state index contributed by atoms with van der Waals surface area (Å²) in [5, 5.41) is 11.8. The summed E-state index contributed by atoms with van der Waals surface area (Å²) < 4.78 is 38.8. The molecule has 0 aliphatic carbocycles. The number of unbranched alkanes of at least 4 members (excludes halogenated alkanes) is 5. The molecule has 0 fully saturated rings. The van der Waals surface area contributed by atoms with Crippen molar-refractivity contribution in [3.8, 4) is 0 Å². The van der Waals surface area contributed by atoms with E-state index in [9.17, 15) is 23.1 Å². The predicted molar refractivity (Wildman–Crippen MR) is 84.5 cm³/mol. The van der Waals surface area contributed by atoms with Crippen molar-refractivity contribution in [1.29, 1.82) is 0 Å². The largest absolute Gasteiger partial charge is 0.480 e. The second kappa shape index (κ2) is 9.43. The standard InChI is InChI=1S/C17H24F3NO2/c1-2-3-4-5-6-7-12-15(16(22)23)21-14-11-9-8-10-13(14)17(18,19)20/h8-11,15,21H,2-7,12H2,1H3,(H,22,23). The molecule has 0 heterocycles. The van der Waals surface area contributed by atoms with E-state index in [1.165, 1.54) is 18.2 Å². The smallest absolute Gasteiger partial charge is 0.418 e. The van der Waals surface area contributed by atoms with Crippen molar-refractivity contribution in [3.05, 3.63) is 29.8 Å². The fourth-order valence-electron chi connectivity index (χ4n) is 2.43. The van der Waals surface area contributed by atoms with Crippen molar-refractivity contribution in [2.45, 2.75) is 64.1 Å². The molecule has 0 aliphatic rings. The van der Waals surface area contributed by atoms with Crippen molar-refractivity contribution in [2.24, 2.45) is 0 Å². The average molecular weight is 331 g/mol. The maximum atomic E-state index is 12.9. The van der Waals surface area contributed by atoms with Gasteiger partial charge in [-0.25, -0.2) is 4.79 Å². The van der Waals surface area contributed by atoms with Gasteiger partial charge >= 0.3 is 12.1 Å². The van der Waals surface area contributed by atoms with Crippen LogP contribution < -0.4 is 5.32 Å². The summed E-state index contributed by atoms with van der Waals surface area (Å²) in [6, 6.07) is 3.95. The number of hydrogen-bond acceptors (Lipinski definition) is 2. The Labute approximate surface area is 134 Å². The lowest BCUT2D eigenvalue weighted by Crippen LogP contribution is -2.30. The number of halogens is 3. The number of carboxylic acid groups (broad SMARTS) is 1. The zero-order valence-corrected chi connectivity index (χ0v) is 13.3. The predicted octanol–water partition coefficient (Wildman–Crippen LogP) is 5.32. The second-order valence-electron chi connectivity index (χ2n) is 5.63. The first kappa shape index (κ1) is 19.3. The molecule has 3 nitrogen and oxygen atoms in total. The third-order valence-electron chi connectivity index (χ3n) is 3.71. The molecule has 23 heavy (non-hydrogen) atoms. The number of para-hydroxylation sites is 1. The zero-order valence-electron chi connectivity index (χ0n) is 13.3. The topological polar surface area (TPSA) is 49.3 Å². The van der Waals surface area contributed by atoms with Crippen LogP contribution in [-0.4, -0.2) is 17.1 Å². The van der Waals surface area contributed by atoms with E-state index in [0.717, 1.165) is 38.2 Å². The third kappa shape index (κ3) is 6.93. The first-order valence-electron chi connectivity index (χ1n) is 8.01. The van der Waals surface area contributed by atoms with Crippen LogP contribution in [0, 0.1) is 0 Å². The normalized spacial score (nSPS) is 12.9. The van der Waals surface area contributed by atoms with Crippen molar-refractivity contribution in [2.75, 3.05) is 5.32 Å². The number of hydrogen-bond donors (Lipinski definition) is 2. The Bertz CT molecular complexity index is 489. The monoisotopic (exact) mass is 331 g/mol. The third-order valence-corrected chi connectivity index (χ3v) is 3.71. The van der Waals surface area contributed by atoms with Crippen molar-refractivity contribution in [1.82, 2.24) is 0 Å². The van der Waals surface area contributed by atoms with Crippen LogP contribution in [0.3, 0.4) is 0 Å². The molecule has 1 aromatic rings. The Balaban J connectivity index is 2.62. The molecule has 130 valence electrons. The molecule has 0 saturated carbocycles. The van der Waals surface area contributed by atoms with Gasteiger partial charge < -0.3 is 10.4 Å². The van der Waals surface area contributed by atoms with Gasteiger partial charge in [-0.2, -0.15) is 13.2 Å². The van der Waals surface area contributed by atoms with E-state index in [1.54, 1.807) is 0 Å². The van der Waals surface area contributed by atoms with E-state index in [4.69, 9.17) is 0 Å². The number of benzene rings is 1.